The van der Waals surface area contributed by atoms with Crippen molar-refractivity contribution in [3.63, 3.8) is 0 Å². The van der Waals surface area contributed by atoms with Gasteiger partial charge in [-0.2, -0.15) is 15.3 Å². The van der Waals surface area contributed by atoms with Gasteiger partial charge >= 0.3 is 0 Å². The van der Waals surface area contributed by atoms with Gasteiger partial charge in [0.2, 0.25) is 11.3 Å². The van der Waals surface area contributed by atoms with Gasteiger partial charge in [0.05, 0.1) is 29.6 Å². The zero-order valence-corrected chi connectivity index (χ0v) is 16.1. The lowest BCUT2D eigenvalue weighted by Crippen LogP contribution is -2.17. The summed E-state index contributed by atoms with van der Waals surface area (Å²) in [5.74, 6) is -0.141. The lowest BCUT2D eigenvalue weighted by atomic mass is 10.2. The van der Waals surface area contributed by atoms with E-state index >= 15 is 0 Å². The highest BCUT2D eigenvalue weighted by Crippen LogP contribution is 2.20. The number of hydrogen-bond donors (Lipinski definition) is 1. The summed E-state index contributed by atoms with van der Waals surface area (Å²) in [7, 11) is 0. The molecule has 148 valence electrons. The van der Waals surface area contributed by atoms with Crippen molar-refractivity contribution < 1.29 is 4.79 Å². The molecule has 0 saturated heterocycles. The van der Waals surface area contributed by atoms with Crippen molar-refractivity contribution in [3.8, 4) is 0 Å². The molecule has 7 heteroatoms. The molecule has 1 N–H and O–H groups in total. The molecular weight excluding hydrogens is 378 g/mol. The molecule has 7 nitrogen and oxygen atoms in total. The number of nitrogens with one attached hydrogen (secondary N) is 1. The molecule has 4 aromatic rings. The Labute approximate surface area is 172 Å². The first kappa shape index (κ1) is 19.2. The summed E-state index contributed by atoms with van der Waals surface area (Å²) in [6.45, 7) is 0.371. The first-order valence-electron chi connectivity index (χ1n) is 9.51. The first-order chi connectivity index (χ1) is 14.7. The van der Waals surface area contributed by atoms with Gasteiger partial charge in [-0.3, -0.25) is 14.3 Å². The van der Waals surface area contributed by atoms with Crippen molar-refractivity contribution in [1.29, 1.82) is 0 Å². The first-order valence-corrected chi connectivity index (χ1v) is 9.51. The van der Waals surface area contributed by atoms with Crippen LogP contribution in [0.2, 0.25) is 0 Å². The number of anilines is 1. The van der Waals surface area contributed by atoms with Crippen LogP contribution < -0.4 is 10.7 Å². The molecule has 0 aliphatic carbocycles. The van der Waals surface area contributed by atoms with Gasteiger partial charge in [0.1, 0.15) is 0 Å². The van der Waals surface area contributed by atoms with Crippen LogP contribution >= 0.6 is 0 Å². The minimum absolute atomic E-state index is 0.129. The molecule has 0 spiro atoms. The third kappa shape index (κ3) is 4.64. The molecule has 1 heterocycles. The maximum atomic E-state index is 12.3. The molecule has 30 heavy (non-hydrogen) atoms. The van der Waals surface area contributed by atoms with Crippen LogP contribution in [0.15, 0.2) is 100 Å². The van der Waals surface area contributed by atoms with E-state index in [1.165, 1.54) is 6.20 Å². The number of para-hydroxylation sites is 1. The summed E-state index contributed by atoms with van der Waals surface area (Å²) in [5, 5.41) is 15.9. The van der Waals surface area contributed by atoms with Gasteiger partial charge in [-0.25, -0.2) is 0 Å². The molecule has 0 aliphatic rings. The van der Waals surface area contributed by atoms with E-state index in [1.807, 2.05) is 48.5 Å². The second-order valence-corrected chi connectivity index (χ2v) is 6.63. The van der Waals surface area contributed by atoms with Gasteiger partial charge in [-0.05, 0) is 48.5 Å². The highest BCUT2D eigenvalue weighted by Gasteiger charge is 2.07. The van der Waals surface area contributed by atoms with Crippen LogP contribution in [-0.4, -0.2) is 15.7 Å². The molecule has 0 saturated carbocycles. The van der Waals surface area contributed by atoms with E-state index in [-0.39, 0.29) is 17.8 Å². The molecule has 3 aromatic carbocycles. The number of carbonyl (C=O) groups excluding carboxylic acids is 1. The van der Waals surface area contributed by atoms with Crippen LogP contribution in [0.3, 0.4) is 0 Å². The molecular formula is C23H19N5O2. The van der Waals surface area contributed by atoms with E-state index in [1.54, 1.807) is 35.0 Å². The number of benzene rings is 3. The van der Waals surface area contributed by atoms with Gasteiger partial charge in [0.25, 0.3) is 0 Å². The number of carbonyl (C=O) groups is 1. The quantitative estimate of drug-likeness (QED) is 0.472. The smallest absolute Gasteiger partial charge is 0.226 e. The minimum Gasteiger partial charge on any atom is -0.326 e. The Morgan fingerprint density at radius 1 is 0.867 bits per heavy atom. The predicted octanol–water partition coefficient (Wildman–Crippen LogP) is 4.84. The van der Waals surface area contributed by atoms with Crippen LogP contribution in [0.1, 0.15) is 6.42 Å². The zero-order valence-electron chi connectivity index (χ0n) is 16.1. The molecule has 0 radical (unpaired) electrons. The molecule has 0 unspecified atom stereocenters. The number of nitrogens with zero attached hydrogens (tertiary/aromatic N) is 4. The molecule has 0 aliphatic heterocycles. The van der Waals surface area contributed by atoms with Crippen molar-refractivity contribution >= 4 is 33.9 Å². The summed E-state index contributed by atoms with van der Waals surface area (Å²) in [4.78, 5) is 24.2. The van der Waals surface area contributed by atoms with Crippen LogP contribution in [0.4, 0.5) is 17.1 Å². The Morgan fingerprint density at radius 2 is 1.53 bits per heavy atom. The molecule has 0 bridgehead atoms. The monoisotopic (exact) mass is 397 g/mol. The van der Waals surface area contributed by atoms with Gasteiger partial charge in [-0.15, -0.1) is 0 Å². The maximum absolute atomic E-state index is 12.3. The van der Waals surface area contributed by atoms with E-state index in [0.717, 1.165) is 5.69 Å². The highest BCUT2D eigenvalue weighted by atomic mass is 16.1. The number of aromatic nitrogens is 2. The topological polar surface area (TPSA) is 88.7 Å². The van der Waals surface area contributed by atoms with Crippen molar-refractivity contribution in [2.45, 2.75) is 13.0 Å². The Kier molecular flexibility index (Phi) is 5.70. The van der Waals surface area contributed by atoms with E-state index in [0.29, 0.717) is 28.8 Å². The second-order valence-electron chi connectivity index (χ2n) is 6.63. The SMILES string of the molecule is O=C(CCn1ncc(=O)c2ccccc21)Nc1ccc(N=Nc2ccccc2)cc1. The van der Waals surface area contributed by atoms with Crippen LogP contribution in [0, 0.1) is 0 Å². The number of rotatable bonds is 6. The molecule has 0 fully saturated rings. The maximum Gasteiger partial charge on any atom is 0.226 e. The van der Waals surface area contributed by atoms with Crippen molar-refractivity contribution in [3.05, 3.63) is 95.3 Å². The summed E-state index contributed by atoms with van der Waals surface area (Å²) >= 11 is 0. The Bertz CT molecular complexity index is 1250. The lowest BCUT2D eigenvalue weighted by molar-refractivity contribution is -0.116. The van der Waals surface area contributed by atoms with Crippen LogP contribution in [0.25, 0.3) is 10.9 Å². The molecule has 4 rings (SSSR count). The minimum atomic E-state index is -0.141. The predicted molar refractivity (Wildman–Crippen MR) is 116 cm³/mol. The van der Waals surface area contributed by atoms with E-state index < -0.39 is 0 Å². The normalized spacial score (nSPS) is 11.1. The van der Waals surface area contributed by atoms with Gasteiger partial charge in [-0.1, -0.05) is 30.3 Å². The van der Waals surface area contributed by atoms with Crippen molar-refractivity contribution in [2.24, 2.45) is 10.2 Å². The molecule has 1 aromatic heterocycles. The highest BCUT2D eigenvalue weighted by molar-refractivity contribution is 5.90. The number of amides is 1. The third-order valence-corrected chi connectivity index (χ3v) is 4.50. The van der Waals surface area contributed by atoms with Crippen LogP contribution in [-0.2, 0) is 11.3 Å². The second kappa shape index (κ2) is 8.91. The van der Waals surface area contributed by atoms with Crippen molar-refractivity contribution in [1.82, 2.24) is 9.78 Å². The average Bonchev–Trinajstić information content (AvgIpc) is 2.79. The third-order valence-electron chi connectivity index (χ3n) is 4.50. The number of fused-ring (bicyclic) bond motifs is 1. The van der Waals surface area contributed by atoms with E-state index in [4.69, 9.17) is 0 Å². The largest absolute Gasteiger partial charge is 0.326 e. The fraction of sp³-hybridized carbons (Fsp3) is 0.0870. The summed E-state index contributed by atoms with van der Waals surface area (Å²) in [5.41, 5.74) is 2.73. The van der Waals surface area contributed by atoms with Gasteiger partial charge in [0, 0.05) is 17.5 Å². The zero-order chi connectivity index (χ0) is 20.8. The molecule has 0 atom stereocenters. The summed E-state index contributed by atoms with van der Waals surface area (Å²) in [6.07, 6.45) is 1.51. The van der Waals surface area contributed by atoms with E-state index in [9.17, 15) is 9.59 Å². The average molecular weight is 397 g/mol. The number of hydrogen-bond acceptors (Lipinski definition) is 5. The van der Waals surface area contributed by atoms with Crippen LogP contribution in [0.5, 0.6) is 0 Å². The van der Waals surface area contributed by atoms with E-state index in [2.05, 4.69) is 20.6 Å². The lowest BCUT2D eigenvalue weighted by Gasteiger charge is -2.09. The standard InChI is InChI=1S/C23H19N5O2/c29-22-16-24-28(21-9-5-4-8-20(21)22)15-14-23(30)25-17-10-12-19(13-11-17)27-26-18-6-2-1-3-7-18/h1-13,16H,14-15H2,(H,25,30). The Morgan fingerprint density at radius 3 is 2.30 bits per heavy atom. The Hall–Kier alpha value is -4.13. The fourth-order valence-electron chi connectivity index (χ4n) is 2.99. The fourth-order valence-corrected chi connectivity index (χ4v) is 2.99. The van der Waals surface area contributed by atoms with Gasteiger partial charge in [0.15, 0.2) is 0 Å². The summed E-state index contributed by atoms with van der Waals surface area (Å²) in [6, 6.07) is 23.9. The molecule has 1 amide bonds. The Balaban J connectivity index is 1.36. The number of azo groups is 1. The number of aryl methyl sites for hydroxylation is 1. The van der Waals surface area contributed by atoms with Crippen molar-refractivity contribution in [2.75, 3.05) is 5.32 Å². The van der Waals surface area contributed by atoms with Gasteiger partial charge < -0.3 is 5.32 Å². The summed E-state index contributed by atoms with van der Waals surface area (Å²) < 4.78 is 1.67.